The third kappa shape index (κ3) is 3.30. The largest absolute Gasteiger partial charge is 0.384 e. The Hall–Kier alpha value is -1.58. The average Bonchev–Trinajstić information content (AvgIpc) is 3.11. The second-order valence-corrected chi connectivity index (χ2v) is 6.30. The van der Waals surface area contributed by atoms with E-state index in [1.807, 2.05) is 19.9 Å². The van der Waals surface area contributed by atoms with E-state index in [-0.39, 0.29) is 5.84 Å². The first kappa shape index (κ1) is 14.8. The van der Waals surface area contributed by atoms with Gasteiger partial charge in [0.15, 0.2) is 0 Å². The molecule has 110 valence electrons. The van der Waals surface area contributed by atoms with E-state index in [4.69, 9.17) is 16.1 Å². The van der Waals surface area contributed by atoms with Gasteiger partial charge in [-0.1, -0.05) is 13.8 Å². The van der Waals surface area contributed by atoms with Crippen molar-refractivity contribution in [1.29, 1.82) is 5.41 Å². The normalized spacial score (nSPS) is 14.7. The van der Waals surface area contributed by atoms with E-state index >= 15 is 0 Å². The minimum Gasteiger partial charge on any atom is -0.384 e. The zero-order valence-corrected chi connectivity index (χ0v) is 13.0. The molecule has 1 heterocycles. The van der Waals surface area contributed by atoms with Crippen LogP contribution < -0.4 is 10.6 Å². The molecule has 4 nitrogen and oxygen atoms in total. The fourth-order valence-electron chi connectivity index (χ4n) is 2.60. The van der Waals surface area contributed by atoms with Gasteiger partial charge in [-0.2, -0.15) is 0 Å². The van der Waals surface area contributed by atoms with E-state index in [1.165, 1.54) is 12.8 Å². The van der Waals surface area contributed by atoms with Crippen LogP contribution in [0.4, 0.5) is 5.82 Å². The maximum absolute atomic E-state index is 7.87. The number of pyridine rings is 1. The molecular weight excluding hydrogens is 248 g/mol. The number of hydrogen-bond donors (Lipinski definition) is 2. The Bertz CT molecular complexity index is 503. The topological polar surface area (TPSA) is 66.0 Å². The molecule has 0 unspecified atom stereocenters. The summed E-state index contributed by atoms with van der Waals surface area (Å²) in [6.07, 6.45) is 3.59. The third-order valence-corrected chi connectivity index (χ3v) is 3.80. The van der Waals surface area contributed by atoms with E-state index in [0.29, 0.717) is 12.0 Å². The number of nitrogen functional groups attached to an aromatic ring is 1. The predicted octanol–water partition coefficient (Wildman–Crippen LogP) is 3.00. The first-order valence-electron chi connectivity index (χ1n) is 7.49. The Kier molecular flexibility index (Phi) is 4.31. The number of nitrogens with two attached hydrogens (primary N) is 1. The molecule has 0 radical (unpaired) electrons. The minimum atomic E-state index is 0.125. The van der Waals surface area contributed by atoms with Gasteiger partial charge in [0.05, 0.1) is 5.56 Å². The summed E-state index contributed by atoms with van der Waals surface area (Å²) in [6, 6.07) is 2.59. The van der Waals surface area contributed by atoms with Crippen molar-refractivity contribution in [3.8, 4) is 0 Å². The van der Waals surface area contributed by atoms with Gasteiger partial charge in [-0.15, -0.1) is 0 Å². The van der Waals surface area contributed by atoms with Crippen molar-refractivity contribution in [2.24, 2.45) is 11.7 Å². The molecule has 1 aliphatic rings. The van der Waals surface area contributed by atoms with Crippen LogP contribution in [0.2, 0.25) is 0 Å². The highest BCUT2D eigenvalue weighted by Crippen LogP contribution is 2.34. The molecule has 1 fully saturated rings. The van der Waals surface area contributed by atoms with Crippen molar-refractivity contribution < 1.29 is 0 Å². The molecule has 0 bridgehead atoms. The summed E-state index contributed by atoms with van der Waals surface area (Å²) in [5.41, 5.74) is 8.66. The summed E-state index contributed by atoms with van der Waals surface area (Å²) in [6.45, 7) is 9.51. The Labute approximate surface area is 121 Å². The van der Waals surface area contributed by atoms with E-state index < -0.39 is 0 Å². The number of nitrogens with one attached hydrogen (secondary N) is 1. The molecule has 0 saturated heterocycles. The molecule has 0 atom stereocenters. The van der Waals surface area contributed by atoms with Crippen LogP contribution in [0.3, 0.4) is 0 Å². The second kappa shape index (κ2) is 5.81. The zero-order valence-electron chi connectivity index (χ0n) is 13.0. The van der Waals surface area contributed by atoms with Crippen molar-refractivity contribution in [3.05, 3.63) is 22.9 Å². The Morgan fingerprint density at radius 2 is 2.10 bits per heavy atom. The van der Waals surface area contributed by atoms with Crippen molar-refractivity contribution in [2.45, 2.75) is 53.0 Å². The molecule has 1 saturated carbocycles. The first-order chi connectivity index (χ1) is 9.40. The fourth-order valence-corrected chi connectivity index (χ4v) is 2.60. The maximum Gasteiger partial charge on any atom is 0.140 e. The van der Waals surface area contributed by atoms with Crippen molar-refractivity contribution in [1.82, 2.24) is 4.98 Å². The molecule has 0 spiro atoms. The number of rotatable bonds is 6. The second-order valence-electron chi connectivity index (χ2n) is 6.30. The number of amidine groups is 1. The lowest BCUT2D eigenvalue weighted by Gasteiger charge is -2.27. The van der Waals surface area contributed by atoms with E-state index in [2.05, 4.69) is 18.7 Å². The maximum atomic E-state index is 7.87. The number of aryl methyl sites for hydroxylation is 2. The molecule has 4 heteroatoms. The predicted molar refractivity (Wildman–Crippen MR) is 84.6 cm³/mol. The van der Waals surface area contributed by atoms with Crippen LogP contribution in [-0.2, 0) is 0 Å². The molecule has 0 amide bonds. The monoisotopic (exact) mass is 274 g/mol. The van der Waals surface area contributed by atoms with Crippen LogP contribution in [0.25, 0.3) is 0 Å². The summed E-state index contributed by atoms with van der Waals surface area (Å²) in [7, 11) is 0. The molecule has 20 heavy (non-hydrogen) atoms. The van der Waals surface area contributed by atoms with Crippen LogP contribution in [0.1, 0.15) is 49.9 Å². The highest BCUT2D eigenvalue weighted by Gasteiger charge is 2.32. The Morgan fingerprint density at radius 1 is 1.45 bits per heavy atom. The SMILES string of the molecule is Cc1cc(C)c(C(=N)N)c(N(CCC(C)C)C2CC2)n1. The lowest BCUT2D eigenvalue weighted by atomic mass is 10.1. The molecule has 1 aromatic heterocycles. The van der Waals surface area contributed by atoms with E-state index in [0.717, 1.165) is 35.6 Å². The highest BCUT2D eigenvalue weighted by atomic mass is 15.2. The number of anilines is 1. The van der Waals surface area contributed by atoms with Crippen LogP contribution in [0.5, 0.6) is 0 Å². The number of aromatic nitrogens is 1. The highest BCUT2D eigenvalue weighted by molar-refractivity contribution is 6.01. The lowest BCUT2D eigenvalue weighted by Crippen LogP contribution is -2.32. The molecule has 3 N–H and O–H groups in total. The molecular formula is C16H26N4. The summed E-state index contributed by atoms with van der Waals surface area (Å²) in [5.74, 6) is 1.71. The van der Waals surface area contributed by atoms with E-state index in [1.54, 1.807) is 0 Å². The first-order valence-corrected chi connectivity index (χ1v) is 7.49. The van der Waals surface area contributed by atoms with Gasteiger partial charge in [0.1, 0.15) is 11.7 Å². The average molecular weight is 274 g/mol. The van der Waals surface area contributed by atoms with Crippen molar-refractivity contribution in [2.75, 3.05) is 11.4 Å². The van der Waals surface area contributed by atoms with Gasteiger partial charge in [-0.25, -0.2) is 4.98 Å². The Morgan fingerprint density at radius 3 is 2.60 bits per heavy atom. The van der Waals surface area contributed by atoms with Crippen LogP contribution >= 0.6 is 0 Å². The molecule has 0 aromatic carbocycles. The van der Waals surface area contributed by atoms with Crippen LogP contribution in [0.15, 0.2) is 6.07 Å². The summed E-state index contributed by atoms with van der Waals surface area (Å²) in [5, 5.41) is 7.87. The molecule has 2 rings (SSSR count). The summed E-state index contributed by atoms with van der Waals surface area (Å²) < 4.78 is 0. The van der Waals surface area contributed by atoms with Crippen molar-refractivity contribution >= 4 is 11.7 Å². The number of nitrogens with zero attached hydrogens (tertiary/aromatic N) is 2. The van der Waals surface area contributed by atoms with Gasteiger partial charge < -0.3 is 10.6 Å². The van der Waals surface area contributed by atoms with E-state index in [9.17, 15) is 0 Å². The summed E-state index contributed by atoms with van der Waals surface area (Å²) >= 11 is 0. The Balaban J connectivity index is 2.38. The molecule has 1 aromatic rings. The smallest absolute Gasteiger partial charge is 0.140 e. The number of hydrogen-bond acceptors (Lipinski definition) is 3. The summed E-state index contributed by atoms with van der Waals surface area (Å²) in [4.78, 5) is 7.07. The van der Waals surface area contributed by atoms with Crippen LogP contribution in [-0.4, -0.2) is 23.4 Å². The lowest BCUT2D eigenvalue weighted by molar-refractivity contribution is 0.568. The van der Waals surface area contributed by atoms with Gasteiger partial charge in [0.2, 0.25) is 0 Å². The van der Waals surface area contributed by atoms with Gasteiger partial charge in [-0.3, -0.25) is 5.41 Å². The standard InChI is InChI=1S/C16H26N4/c1-10(2)7-8-20(13-5-6-13)16-14(15(17)18)11(3)9-12(4)19-16/h9-10,13H,5-8H2,1-4H3,(H3,17,18). The van der Waals surface area contributed by atoms with Crippen molar-refractivity contribution in [3.63, 3.8) is 0 Å². The quantitative estimate of drug-likeness (QED) is 0.619. The van der Waals surface area contributed by atoms with Gasteiger partial charge in [-0.05, 0) is 50.7 Å². The molecule has 0 aliphatic heterocycles. The zero-order chi connectivity index (χ0) is 14.9. The van der Waals surface area contributed by atoms with Crippen LogP contribution in [0, 0.1) is 25.2 Å². The van der Waals surface area contributed by atoms with Gasteiger partial charge in [0, 0.05) is 18.3 Å². The molecule has 1 aliphatic carbocycles. The van der Waals surface area contributed by atoms with Gasteiger partial charge in [0.25, 0.3) is 0 Å². The third-order valence-electron chi connectivity index (χ3n) is 3.80. The van der Waals surface area contributed by atoms with Gasteiger partial charge >= 0.3 is 0 Å². The minimum absolute atomic E-state index is 0.125. The fraction of sp³-hybridized carbons (Fsp3) is 0.625.